The summed E-state index contributed by atoms with van der Waals surface area (Å²) in [5.41, 5.74) is 4.68. The van der Waals surface area contributed by atoms with Crippen LogP contribution >= 0.6 is 0 Å². The first-order valence-electron chi connectivity index (χ1n) is 17.7. The first-order chi connectivity index (χ1) is 24.8. The fourth-order valence-electron chi connectivity index (χ4n) is 6.01. The van der Waals surface area contributed by atoms with Gasteiger partial charge in [-0.2, -0.15) is 0 Å². The lowest BCUT2D eigenvalue weighted by Crippen LogP contribution is -2.62. The molecule has 0 N–H and O–H groups in total. The van der Waals surface area contributed by atoms with E-state index in [1.54, 1.807) is 24.3 Å². The molecule has 268 valence electrons. The summed E-state index contributed by atoms with van der Waals surface area (Å²) in [5, 5.41) is 0. The zero-order valence-electron chi connectivity index (χ0n) is 29.7. The molecule has 1 heterocycles. The molecular weight excluding hydrogens is 657 g/mol. The van der Waals surface area contributed by atoms with E-state index >= 15 is 0 Å². The molecule has 0 aromatic heterocycles. The number of carbonyl (C=O) groups is 1. The van der Waals surface area contributed by atoms with Gasteiger partial charge in [-0.3, -0.25) is 0 Å². The van der Waals surface area contributed by atoms with Crippen LogP contribution in [0.25, 0.3) is 6.08 Å². The van der Waals surface area contributed by atoms with E-state index in [9.17, 15) is 4.79 Å². The lowest BCUT2D eigenvalue weighted by atomic mass is 9.97. The van der Waals surface area contributed by atoms with Gasteiger partial charge in [-0.15, -0.1) is 6.58 Å². The Morgan fingerprint density at radius 3 is 1.90 bits per heavy atom. The predicted molar refractivity (Wildman–Crippen MR) is 203 cm³/mol. The monoisotopic (exact) mass is 706 g/mol. The second kappa shape index (κ2) is 19.5. The van der Waals surface area contributed by atoms with Crippen molar-refractivity contribution in [2.24, 2.45) is 0 Å². The Hall–Kier alpha value is -4.15. The standard InChI is InChI=1S/C43H50O7Si/c1-5-7-17-28-45-43-41(50-42(44)37-22-15-10-16-23-37)40(47-30-35-20-13-9-14-21-35)39(46-29-34-18-11-8-12-19-34)38(49-43)31-48-51(3,4)32-36-26-24-33(6-2)25-27-36/h5-6,8-16,18-27,38-41,43H,1-2,7,17,28-32H2,3-4H3/t38-,39-,40+,41-,43?/m1/s1. The van der Waals surface area contributed by atoms with Gasteiger partial charge in [0.2, 0.25) is 0 Å². The van der Waals surface area contributed by atoms with Crippen molar-refractivity contribution in [2.45, 2.75) is 75.9 Å². The van der Waals surface area contributed by atoms with Crippen LogP contribution < -0.4 is 0 Å². The van der Waals surface area contributed by atoms with Gasteiger partial charge in [0.15, 0.2) is 20.7 Å². The number of carbonyl (C=O) groups excluding carboxylic acids is 1. The van der Waals surface area contributed by atoms with Crippen molar-refractivity contribution in [3.05, 3.63) is 162 Å². The molecule has 4 aromatic carbocycles. The molecule has 51 heavy (non-hydrogen) atoms. The van der Waals surface area contributed by atoms with Gasteiger partial charge in [-0.25, -0.2) is 4.79 Å². The largest absolute Gasteiger partial charge is 0.450 e. The summed E-state index contributed by atoms with van der Waals surface area (Å²) >= 11 is 0. The Labute approximate surface area is 303 Å². The SMILES string of the molecule is C=CCCCOC1O[C@H](CO[Si](C)(C)Cc2ccc(C=C)cc2)[C@@H](OCc2ccccc2)[C@H](OCc2ccccc2)[C@H]1OC(=O)c1ccccc1. The van der Waals surface area contributed by atoms with E-state index in [0.717, 1.165) is 35.6 Å². The number of esters is 1. The number of hydrogen-bond acceptors (Lipinski definition) is 7. The molecule has 4 aromatic rings. The van der Waals surface area contributed by atoms with Gasteiger partial charge in [0.1, 0.15) is 18.3 Å². The van der Waals surface area contributed by atoms with Crippen LogP contribution in [0.2, 0.25) is 13.1 Å². The molecule has 5 rings (SSSR count). The Kier molecular flexibility index (Phi) is 14.5. The molecule has 1 aliphatic heterocycles. The van der Waals surface area contributed by atoms with E-state index in [0.29, 0.717) is 18.8 Å². The number of allylic oxidation sites excluding steroid dienone is 1. The van der Waals surface area contributed by atoms with Crippen LogP contribution in [-0.2, 0) is 47.4 Å². The molecule has 1 saturated heterocycles. The predicted octanol–water partition coefficient (Wildman–Crippen LogP) is 8.74. The highest BCUT2D eigenvalue weighted by atomic mass is 28.4. The summed E-state index contributed by atoms with van der Waals surface area (Å²) in [5.74, 6) is -0.496. The van der Waals surface area contributed by atoms with E-state index in [2.05, 4.69) is 50.5 Å². The lowest BCUT2D eigenvalue weighted by molar-refractivity contribution is -0.315. The van der Waals surface area contributed by atoms with Crippen molar-refractivity contribution in [1.82, 2.24) is 0 Å². The molecule has 5 atom stereocenters. The van der Waals surface area contributed by atoms with Crippen LogP contribution in [0.4, 0.5) is 0 Å². The maximum atomic E-state index is 13.6. The van der Waals surface area contributed by atoms with Crippen molar-refractivity contribution >= 4 is 20.4 Å². The molecule has 7 nitrogen and oxygen atoms in total. The van der Waals surface area contributed by atoms with Gasteiger partial charge in [0.05, 0.1) is 32.0 Å². The maximum Gasteiger partial charge on any atom is 0.338 e. The Morgan fingerprint density at radius 2 is 1.31 bits per heavy atom. The topological polar surface area (TPSA) is 72.5 Å². The van der Waals surface area contributed by atoms with E-state index in [-0.39, 0.29) is 13.2 Å². The zero-order chi connectivity index (χ0) is 35.9. The van der Waals surface area contributed by atoms with Crippen molar-refractivity contribution in [1.29, 1.82) is 0 Å². The minimum absolute atomic E-state index is 0.250. The molecule has 1 unspecified atom stereocenters. The molecule has 1 aliphatic rings. The summed E-state index contributed by atoms with van der Waals surface area (Å²) in [6, 6.07) is 38.0. The summed E-state index contributed by atoms with van der Waals surface area (Å²) < 4.78 is 39.6. The van der Waals surface area contributed by atoms with E-state index in [1.807, 2.05) is 78.9 Å². The highest BCUT2D eigenvalue weighted by Crippen LogP contribution is 2.32. The molecular formula is C43H50O7Si. The highest BCUT2D eigenvalue weighted by molar-refractivity contribution is 6.70. The Balaban J connectivity index is 1.46. The van der Waals surface area contributed by atoms with E-state index in [1.165, 1.54) is 5.56 Å². The fraction of sp³-hybridized carbons (Fsp3) is 0.326. The number of unbranched alkanes of at least 4 members (excludes halogenated alkanes) is 1. The molecule has 8 heteroatoms. The summed E-state index contributed by atoms with van der Waals surface area (Å²) in [7, 11) is -2.25. The van der Waals surface area contributed by atoms with E-state index < -0.39 is 45.0 Å². The molecule has 0 bridgehead atoms. The third-order valence-electron chi connectivity index (χ3n) is 8.73. The third kappa shape index (κ3) is 11.7. The van der Waals surface area contributed by atoms with Crippen molar-refractivity contribution in [2.75, 3.05) is 13.2 Å². The van der Waals surface area contributed by atoms with Crippen LogP contribution in [0.15, 0.2) is 134 Å². The average Bonchev–Trinajstić information content (AvgIpc) is 3.16. The second-order valence-electron chi connectivity index (χ2n) is 13.3. The average molecular weight is 707 g/mol. The fourth-order valence-corrected chi connectivity index (χ4v) is 7.95. The molecule has 0 radical (unpaired) electrons. The minimum atomic E-state index is -2.25. The van der Waals surface area contributed by atoms with Gasteiger partial charge >= 0.3 is 5.97 Å². The van der Waals surface area contributed by atoms with Crippen LogP contribution in [0.5, 0.6) is 0 Å². The van der Waals surface area contributed by atoms with Gasteiger partial charge in [-0.05, 0) is 66.4 Å². The smallest absolute Gasteiger partial charge is 0.338 e. The molecule has 1 fully saturated rings. The maximum absolute atomic E-state index is 13.6. The molecule has 0 amide bonds. The summed E-state index contributed by atoms with van der Waals surface area (Å²) in [6.07, 6.45) is 1.36. The van der Waals surface area contributed by atoms with E-state index in [4.69, 9.17) is 28.1 Å². The first-order valence-corrected chi connectivity index (χ1v) is 20.8. The highest BCUT2D eigenvalue weighted by Gasteiger charge is 2.51. The first kappa shape index (κ1) is 38.1. The van der Waals surface area contributed by atoms with Crippen LogP contribution in [0, 0.1) is 0 Å². The number of benzene rings is 4. The van der Waals surface area contributed by atoms with Crippen LogP contribution in [0.1, 0.15) is 45.5 Å². The summed E-state index contributed by atoms with van der Waals surface area (Å²) in [6.45, 7) is 13.3. The van der Waals surface area contributed by atoms with Gasteiger partial charge < -0.3 is 28.1 Å². The van der Waals surface area contributed by atoms with Gasteiger partial charge in [-0.1, -0.05) is 122 Å². The Bertz CT molecular complexity index is 1630. The van der Waals surface area contributed by atoms with Crippen molar-refractivity contribution in [3.8, 4) is 0 Å². The second-order valence-corrected chi connectivity index (χ2v) is 17.5. The quantitative estimate of drug-likeness (QED) is 0.0418. The number of ether oxygens (including phenoxy) is 5. The molecule has 0 aliphatic carbocycles. The molecule has 0 saturated carbocycles. The number of rotatable bonds is 19. The van der Waals surface area contributed by atoms with Crippen LogP contribution in [0.3, 0.4) is 0 Å². The number of hydrogen-bond donors (Lipinski definition) is 0. The Morgan fingerprint density at radius 1 is 0.725 bits per heavy atom. The normalized spacial score (nSPS) is 20.4. The third-order valence-corrected chi connectivity index (χ3v) is 10.9. The van der Waals surface area contributed by atoms with Crippen molar-refractivity contribution in [3.63, 3.8) is 0 Å². The minimum Gasteiger partial charge on any atom is -0.450 e. The van der Waals surface area contributed by atoms with Gasteiger partial charge in [0.25, 0.3) is 0 Å². The lowest BCUT2D eigenvalue weighted by Gasteiger charge is -2.46. The van der Waals surface area contributed by atoms with Crippen molar-refractivity contribution < 1.29 is 32.9 Å². The van der Waals surface area contributed by atoms with Crippen LogP contribution in [-0.4, -0.2) is 58.2 Å². The zero-order valence-corrected chi connectivity index (χ0v) is 30.7. The van der Waals surface area contributed by atoms with Gasteiger partial charge in [0, 0.05) is 0 Å². The summed E-state index contributed by atoms with van der Waals surface area (Å²) in [4.78, 5) is 13.6. The molecule has 0 spiro atoms.